The molecule has 3 rings (SSSR count). The van der Waals surface area contributed by atoms with E-state index in [0.717, 1.165) is 37.2 Å². The lowest BCUT2D eigenvalue weighted by Crippen LogP contribution is -2.32. The van der Waals surface area contributed by atoms with Crippen molar-refractivity contribution in [2.24, 2.45) is 0 Å². The van der Waals surface area contributed by atoms with Crippen molar-refractivity contribution >= 4 is 17.5 Å². The molecule has 2 aromatic rings. The molecular formula is C17H20N4O2. The van der Waals surface area contributed by atoms with E-state index in [9.17, 15) is 4.79 Å². The molecule has 0 unspecified atom stereocenters. The number of rotatable bonds is 3. The summed E-state index contributed by atoms with van der Waals surface area (Å²) in [5.41, 5.74) is 7.39. The molecule has 1 saturated heterocycles. The van der Waals surface area contributed by atoms with Crippen molar-refractivity contribution in [1.29, 1.82) is 0 Å². The van der Waals surface area contributed by atoms with Gasteiger partial charge in [-0.1, -0.05) is 0 Å². The van der Waals surface area contributed by atoms with Crippen LogP contribution >= 0.6 is 0 Å². The Balaban J connectivity index is 1.70. The van der Waals surface area contributed by atoms with E-state index in [2.05, 4.69) is 10.3 Å². The molecule has 1 fully saturated rings. The maximum Gasteiger partial charge on any atom is 0.323 e. The highest BCUT2D eigenvalue weighted by Crippen LogP contribution is 2.27. The molecule has 0 atom stereocenters. The minimum absolute atomic E-state index is 0.115. The highest BCUT2D eigenvalue weighted by Gasteiger charge is 2.18. The Morgan fingerprint density at radius 1 is 1.26 bits per heavy atom. The van der Waals surface area contributed by atoms with Crippen molar-refractivity contribution in [2.75, 3.05) is 24.1 Å². The van der Waals surface area contributed by atoms with E-state index in [1.165, 1.54) is 0 Å². The third-order valence-electron chi connectivity index (χ3n) is 3.79. The summed E-state index contributed by atoms with van der Waals surface area (Å²) < 4.78 is 5.85. The van der Waals surface area contributed by atoms with E-state index in [1.54, 1.807) is 29.3 Å². The normalized spacial score (nSPS) is 13.9. The first-order chi connectivity index (χ1) is 11.1. The summed E-state index contributed by atoms with van der Waals surface area (Å²) in [5.74, 6) is 1.82. The number of nitrogens with two attached hydrogens (primary N) is 1. The number of hydrogen-bond acceptors (Lipinski definition) is 4. The quantitative estimate of drug-likeness (QED) is 0.851. The zero-order valence-corrected chi connectivity index (χ0v) is 13.1. The third kappa shape index (κ3) is 3.71. The molecule has 6 heteroatoms. The van der Waals surface area contributed by atoms with Crippen LogP contribution in [0.25, 0.3) is 0 Å². The predicted octanol–water partition coefficient (Wildman–Crippen LogP) is 3.39. The van der Waals surface area contributed by atoms with Gasteiger partial charge in [0.1, 0.15) is 17.3 Å². The topological polar surface area (TPSA) is 80.5 Å². The van der Waals surface area contributed by atoms with E-state index in [1.807, 2.05) is 19.1 Å². The Hall–Kier alpha value is -2.76. The summed E-state index contributed by atoms with van der Waals surface area (Å²) in [5, 5.41) is 2.81. The highest BCUT2D eigenvalue weighted by molar-refractivity contribution is 5.88. The minimum atomic E-state index is -0.115. The number of benzene rings is 1. The molecule has 1 aliphatic heterocycles. The van der Waals surface area contributed by atoms with Gasteiger partial charge in [0, 0.05) is 31.0 Å². The summed E-state index contributed by atoms with van der Waals surface area (Å²) in [6.45, 7) is 3.53. The fourth-order valence-corrected chi connectivity index (χ4v) is 2.57. The highest BCUT2D eigenvalue weighted by atomic mass is 16.5. The lowest BCUT2D eigenvalue weighted by molar-refractivity contribution is 0.222. The van der Waals surface area contributed by atoms with Gasteiger partial charge in [0.25, 0.3) is 0 Å². The number of aromatic nitrogens is 1. The third-order valence-corrected chi connectivity index (χ3v) is 3.79. The van der Waals surface area contributed by atoms with E-state index < -0.39 is 0 Å². The lowest BCUT2D eigenvalue weighted by atomic mass is 10.2. The molecule has 23 heavy (non-hydrogen) atoms. The number of aryl methyl sites for hydroxylation is 1. The van der Waals surface area contributed by atoms with Gasteiger partial charge in [-0.25, -0.2) is 9.78 Å². The number of amides is 2. The Morgan fingerprint density at radius 2 is 2.04 bits per heavy atom. The molecule has 0 saturated carbocycles. The van der Waals surface area contributed by atoms with Gasteiger partial charge in [-0.2, -0.15) is 0 Å². The number of nitrogen functional groups attached to an aromatic ring is 1. The zero-order chi connectivity index (χ0) is 16.2. The number of likely N-dealkylation sites (tertiary alicyclic amines) is 1. The average Bonchev–Trinajstić information content (AvgIpc) is 3.05. The first-order valence-electron chi connectivity index (χ1n) is 7.68. The van der Waals surface area contributed by atoms with Crippen LogP contribution in [-0.4, -0.2) is 29.0 Å². The van der Waals surface area contributed by atoms with Crippen molar-refractivity contribution < 1.29 is 9.53 Å². The van der Waals surface area contributed by atoms with Gasteiger partial charge in [0.05, 0.1) is 0 Å². The van der Waals surface area contributed by atoms with Crippen molar-refractivity contribution in [2.45, 2.75) is 19.8 Å². The van der Waals surface area contributed by atoms with Crippen LogP contribution in [0.1, 0.15) is 18.4 Å². The number of nitrogens with one attached hydrogen (secondary N) is 1. The Kier molecular flexibility index (Phi) is 4.32. The van der Waals surface area contributed by atoms with Crippen LogP contribution in [0.4, 0.5) is 16.3 Å². The zero-order valence-electron chi connectivity index (χ0n) is 13.1. The minimum Gasteiger partial charge on any atom is -0.457 e. The standard InChI is InChI=1S/C17H20N4O2/c1-12-10-13(18)4-5-15(12)23-14-6-7-19-16(11-14)20-17(22)21-8-2-3-9-21/h4-7,10-11H,2-3,8-9,18H2,1H3,(H,19,20,22). The fourth-order valence-electron chi connectivity index (χ4n) is 2.57. The van der Waals surface area contributed by atoms with Crippen LogP contribution in [0.3, 0.4) is 0 Å². The largest absolute Gasteiger partial charge is 0.457 e. The van der Waals surface area contributed by atoms with Crippen LogP contribution in [-0.2, 0) is 0 Å². The average molecular weight is 312 g/mol. The smallest absolute Gasteiger partial charge is 0.323 e. The second-order valence-electron chi connectivity index (χ2n) is 5.63. The summed E-state index contributed by atoms with van der Waals surface area (Å²) >= 11 is 0. The number of carbonyl (C=O) groups excluding carboxylic acids is 1. The summed E-state index contributed by atoms with van der Waals surface area (Å²) in [6.07, 6.45) is 3.72. The van der Waals surface area contributed by atoms with Crippen molar-refractivity contribution in [1.82, 2.24) is 9.88 Å². The van der Waals surface area contributed by atoms with Gasteiger partial charge in [0.2, 0.25) is 0 Å². The lowest BCUT2D eigenvalue weighted by Gasteiger charge is -2.16. The Morgan fingerprint density at radius 3 is 2.78 bits per heavy atom. The first-order valence-corrected chi connectivity index (χ1v) is 7.68. The molecule has 2 amide bonds. The summed E-state index contributed by atoms with van der Waals surface area (Å²) in [4.78, 5) is 18.1. The van der Waals surface area contributed by atoms with E-state index in [0.29, 0.717) is 17.3 Å². The fraction of sp³-hybridized carbons (Fsp3) is 0.294. The van der Waals surface area contributed by atoms with Gasteiger partial charge in [-0.05, 0) is 49.6 Å². The second-order valence-corrected chi connectivity index (χ2v) is 5.63. The van der Waals surface area contributed by atoms with Crippen molar-refractivity contribution in [3.63, 3.8) is 0 Å². The summed E-state index contributed by atoms with van der Waals surface area (Å²) in [6, 6.07) is 8.82. The molecule has 3 N–H and O–H groups in total. The van der Waals surface area contributed by atoms with Gasteiger partial charge in [-0.3, -0.25) is 5.32 Å². The number of ether oxygens (including phenoxy) is 1. The molecule has 0 bridgehead atoms. The molecule has 1 aromatic carbocycles. The number of nitrogens with zero attached hydrogens (tertiary/aromatic N) is 2. The van der Waals surface area contributed by atoms with Crippen molar-refractivity contribution in [3.8, 4) is 11.5 Å². The molecule has 0 spiro atoms. The molecule has 6 nitrogen and oxygen atoms in total. The number of carbonyl (C=O) groups is 1. The van der Waals surface area contributed by atoms with Crippen molar-refractivity contribution in [3.05, 3.63) is 42.1 Å². The Bertz CT molecular complexity index is 711. The van der Waals surface area contributed by atoms with Crippen LogP contribution in [0, 0.1) is 6.92 Å². The van der Waals surface area contributed by atoms with Crippen LogP contribution in [0.5, 0.6) is 11.5 Å². The molecular weight excluding hydrogens is 292 g/mol. The molecule has 0 aliphatic carbocycles. The number of pyridine rings is 1. The first kappa shape index (κ1) is 15.1. The Labute approximate surface area is 135 Å². The molecule has 2 heterocycles. The van der Waals surface area contributed by atoms with Gasteiger partial charge in [-0.15, -0.1) is 0 Å². The molecule has 120 valence electrons. The van der Waals surface area contributed by atoms with Crippen LogP contribution in [0.15, 0.2) is 36.5 Å². The van der Waals surface area contributed by atoms with E-state index in [4.69, 9.17) is 10.5 Å². The monoisotopic (exact) mass is 312 g/mol. The predicted molar refractivity (Wildman–Crippen MR) is 89.7 cm³/mol. The molecule has 1 aliphatic rings. The van der Waals surface area contributed by atoms with Gasteiger partial charge < -0.3 is 15.4 Å². The molecule has 0 radical (unpaired) electrons. The van der Waals surface area contributed by atoms with Crippen LogP contribution < -0.4 is 15.8 Å². The number of hydrogen-bond donors (Lipinski definition) is 2. The number of anilines is 2. The number of urea groups is 1. The maximum atomic E-state index is 12.1. The van der Waals surface area contributed by atoms with Crippen LogP contribution in [0.2, 0.25) is 0 Å². The SMILES string of the molecule is Cc1cc(N)ccc1Oc1ccnc(NC(=O)N2CCCC2)c1. The maximum absolute atomic E-state index is 12.1. The summed E-state index contributed by atoms with van der Waals surface area (Å²) in [7, 11) is 0. The molecule has 1 aromatic heterocycles. The van der Waals surface area contributed by atoms with E-state index >= 15 is 0 Å². The van der Waals surface area contributed by atoms with Gasteiger partial charge in [0.15, 0.2) is 0 Å². The van der Waals surface area contributed by atoms with E-state index in [-0.39, 0.29) is 6.03 Å². The second kappa shape index (κ2) is 6.56. The van der Waals surface area contributed by atoms with Gasteiger partial charge >= 0.3 is 6.03 Å².